The minimum Gasteiger partial charge on any atom is -1.00 e. The quantitative estimate of drug-likeness (QED) is 0.0440. The molecule has 67 heavy (non-hydrogen) atoms. The second-order valence-corrected chi connectivity index (χ2v) is 27.4. The minimum absolute atomic E-state index is 0. The van der Waals surface area contributed by atoms with Crippen LogP contribution in [0.2, 0.25) is 0 Å². The van der Waals surface area contributed by atoms with Crippen LogP contribution in [0.5, 0.6) is 0 Å². The SMILES string of the molecule is NS(=O)(=O)c1cc(NS(=O)(=O)c2ccc3c(S(=O)(=O)Nc4cc(S(N)(=O)=O)cc(S(N)(=O)=O)c4)cc(S(=O)(=O)Nc4cc(S(N)(=O)=O)cc(S(N)(=O)=O)c4)cc3c2)cc(S(N)(=O)=O)c1.[H-].[H-].[H-].[Na+].[Na+].[Na+]. The molecule has 0 amide bonds. The second-order valence-electron chi connectivity index (χ2n) is 13.0. The van der Waals surface area contributed by atoms with E-state index in [1.807, 2.05) is 14.2 Å². The maximum atomic E-state index is 14.1. The van der Waals surface area contributed by atoms with Gasteiger partial charge < -0.3 is 4.28 Å². The number of benzene rings is 5. The summed E-state index contributed by atoms with van der Waals surface area (Å²) < 4.78 is 235. The van der Waals surface area contributed by atoms with Crippen LogP contribution in [0.25, 0.3) is 10.8 Å². The molecular weight excluding hydrogens is 1110 g/mol. The third-order valence-electron chi connectivity index (χ3n) is 8.14. The second kappa shape index (κ2) is 20.7. The Hall–Kier alpha value is -1.93. The fourth-order valence-corrected chi connectivity index (χ4v) is 12.6. The van der Waals surface area contributed by atoms with Gasteiger partial charge in [-0.25, -0.2) is 107 Å². The summed E-state index contributed by atoms with van der Waals surface area (Å²) in [5, 5.41) is 29.5. The maximum absolute atomic E-state index is 14.1. The van der Waals surface area contributed by atoms with E-state index in [0.29, 0.717) is 72.8 Å². The Kier molecular flexibility index (Phi) is 18.9. The Labute approximate surface area is 455 Å². The Balaban J connectivity index is 0. The van der Waals surface area contributed by atoms with Crippen molar-refractivity contribution in [3.05, 3.63) is 84.9 Å². The van der Waals surface area contributed by atoms with Gasteiger partial charge in [-0.15, -0.1) is 0 Å². The van der Waals surface area contributed by atoms with E-state index in [-0.39, 0.29) is 93.0 Å². The molecule has 0 radical (unpaired) electrons. The average molecular weight is 1140 g/mol. The number of sulfonamides is 9. The number of rotatable bonds is 15. The van der Waals surface area contributed by atoms with Crippen molar-refractivity contribution >= 4 is 118 Å². The zero-order valence-electron chi connectivity index (χ0n) is 37.1. The van der Waals surface area contributed by atoms with Gasteiger partial charge in [0.1, 0.15) is 0 Å². The number of fused-ring (bicyclic) bond motifs is 1. The molecule has 0 aliphatic heterocycles. The van der Waals surface area contributed by atoms with E-state index in [9.17, 15) is 75.8 Å². The van der Waals surface area contributed by atoms with Gasteiger partial charge in [-0.3, -0.25) is 14.2 Å². The normalized spacial score (nSPS) is 13.0. The van der Waals surface area contributed by atoms with Crippen LogP contribution < -0.4 is 134 Å². The fourth-order valence-electron chi connectivity index (χ4n) is 5.35. The molecule has 0 unspecified atom stereocenters. The van der Waals surface area contributed by atoms with Gasteiger partial charge in [-0.2, -0.15) is 0 Å². The third kappa shape index (κ3) is 15.0. The van der Waals surface area contributed by atoms with Crippen LogP contribution in [0.4, 0.5) is 17.1 Å². The molecule has 0 saturated heterocycles. The van der Waals surface area contributed by atoms with Crippen molar-refractivity contribution in [1.82, 2.24) is 0 Å². The van der Waals surface area contributed by atoms with Crippen LogP contribution in [-0.4, -0.2) is 75.8 Å². The van der Waals surface area contributed by atoms with Crippen molar-refractivity contribution < 1.29 is 169 Å². The van der Waals surface area contributed by atoms with Crippen molar-refractivity contribution in [2.45, 2.75) is 44.1 Å². The number of primary sulfonamides is 6. The van der Waals surface area contributed by atoms with Gasteiger partial charge in [0.2, 0.25) is 60.1 Å². The predicted octanol–water partition coefficient (Wildman–Crippen LogP) is -11.5. The van der Waals surface area contributed by atoms with Gasteiger partial charge in [0, 0.05) is 5.39 Å². The summed E-state index contributed by atoms with van der Waals surface area (Å²) in [6, 6.07) is 8.16. The van der Waals surface area contributed by atoms with Crippen molar-refractivity contribution in [1.29, 1.82) is 0 Å². The first-order chi connectivity index (χ1) is 28.7. The van der Waals surface area contributed by atoms with Crippen molar-refractivity contribution in [2.24, 2.45) is 30.8 Å². The smallest absolute Gasteiger partial charge is 1.00 e. The summed E-state index contributed by atoms with van der Waals surface area (Å²) in [6.07, 6.45) is 0. The molecule has 354 valence electrons. The van der Waals surface area contributed by atoms with Crippen LogP contribution in [0.15, 0.2) is 129 Å². The number of anilines is 3. The van der Waals surface area contributed by atoms with Gasteiger partial charge in [-0.05, 0) is 84.2 Å². The van der Waals surface area contributed by atoms with Gasteiger partial charge in [-0.1, -0.05) is 6.07 Å². The largest absolute Gasteiger partial charge is 1.00 e. The third-order valence-corrected chi connectivity index (χ3v) is 17.7. The molecule has 39 heteroatoms. The van der Waals surface area contributed by atoms with Gasteiger partial charge in [0.25, 0.3) is 30.1 Å². The van der Waals surface area contributed by atoms with E-state index < -0.39 is 162 Å². The van der Waals surface area contributed by atoms with Crippen LogP contribution in [-0.2, 0) is 90.2 Å². The first kappa shape index (κ1) is 61.2. The van der Waals surface area contributed by atoms with Crippen molar-refractivity contribution in [3.8, 4) is 0 Å². The molecule has 0 saturated carbocycles. The molecule has 0 aliphatic rings. The van der Waals surface area contributed by atoms with Crippen LogP contribution in [0, 0.1) is 0 Å². The number of nitrogens with one attached hydrogen (secondary N) is 3. The van der Waals surface area contributed by atoms with Gasteiger partial charge >= 0.3 is 88.7 Å². The topological polar surface area (TPSA) is 499 Å². The number of nitrogens with two attached hydrogens (primary N) is 6. The number of hydrogen-bond acceptors (Lipinski definition) is 18. The monoisotopic (exact) mass is 1140 g/mol. The summed E-state index contributed by atoms with van der Waals surface area (Å²) in [4.78, 5) is -8.78. The van der Waals surface area contributed by atoms with E-state index in [2.05, 4.69) is 0 Å². The summed E-state index contributed by atoms with van der Waals surface area (Å²) >= 11 is 0. The maximum Gasteiger partial charge on any atom is 1.00 e. The van der Waals surface area contributed by atoms with E-state index >= 15 is 0 Å². The first-order valence-electron chi connectivity index (χ1n) is 16.0. The van der Waals surface area contributed by atoms with E-state index in [1.165, 1.54) is 0 Å². The molecule has 5 rings (SSSR count). The molecular formula is C28H32N9Na3O18S9. The molecule has 0 aromatic heterocycles. The van der Waals surface area contributed by atoms with Crippen molar-refractivity contribution in [2.75, 3.05) is 14.2 Å². The first-order valence-corrected chi connectivity index (χ1v) is 29.7. The van der Waals surface area contributed by atoms with Crippen LogP contribution in [0.3, 0.4) is 0 Å². The molecule has 27 nitrogen and oxygen atoms in total. The zero-order valence-corrected chi connectivity index (χ0v) is 47.4. The van der Waals surface area contributed by atoms with E-state index in [1.54, 1.807) is 0 Å². The molecule has 0 spiro atoms. The van der Waals surface area contributed by atoms with Crippen molar-refractivity contribution in [3.63, 3.8) is 0 Å². The Bertz CT molecular complexity index is 3790. The zero-order chi connectivity index (χ0) is 48.6. The fraction of sp³-hybridized carbons (Fsp3) is 0. The Morgan fingerprint density at radius 1 is 0.299 bits per heavy atom. The molecule has 0 bridgehead atoms. The average Bonchev–Trinajstić information content (AvgIpc) is 3.11. The standard InChI is InChI=1S/C28H29N9O18S9.3Na.3H/c29-56(38,39)20-5-16(6-21(11-20)57(30,40)41)35-62(50,51)19-1-2-27-15(3-19)4-26(63(52,53)36-17-7-22(58(31,42)43)12-23(8-17)59(32,44)45)14-28(27)64(54,55)37-18-9-24(60(33,46)47)13-25(10-18)61(34,48)49;;;;;;/h1-14,35-37H,(H2,29,38,39)(H2,30,40,41)(H2,31,42,43)(H2,32,44,45)(H2,33,46,47)(H2,34,48,49);;;;;;/q;3*+1;3*-1. The molecule has 0 fully saturated rings. The molecule has 0 atom stereocenters. The van der Waals surface area contributed by atoms with E-state index in [0.717, 1.165) is 12.1 Å². The Morgan fingerprint density at radius 2 is 0.552 bits per heavy atom. The van der Waals surface area contributed by atoms with E-state index in [4.69, 9.17) is 30.8 Å². The van der Waals surface area contributed by atoms with Gasteiger partial charge in [0.05, 0.1) is 61.1 Å². The van der Waals surface area contributed by atoms with Crippen LogP contribution >= 0.6 is 0 Å². The number of hydrogen-bond donors (Lipinski definition) is 9. The molecule has 5 aromatic rings. The minimum atomic E-state index is -5.31. The summed E-state index contributed by atoms with van der Waals surface area (Å²) in [5.41, 5.74) is -2.42. The summed E-state index contributed by atoms with van der Waals surface area (Å²) in [6.45, 7) is 0. The van der Waals surface area contributed by atoms with Gasteiger partial charge in [0.15, 0.2) is 0 Å². The molecule has 15 N–H and O–H groups in total. The molecule has 0 heterocycles. The predicted molar refractivity (Wildman–Crippen MR) is 227 cm³/mol. The molecule has 5 aromatic carbocycles. The summed E-state index contributed by atoms with van der Waals surface area (Å²) in [7, 11) is -44.1. The van der Waals surface area contributed by atoms with Crippen LogP contribution in [0.1, 0.15) is 4.28 Å². The molecule has 0 aliphatic carbocycles. The Morgan fingerprint density at radius 3 is 0.836 bits per heavy atom. The summed E-state index contributed by atoms with van der Waals surface area (Å²) in [5.74, 6) is 0.